The van der Waals surface area contributed by atoms with Crippen LogP contribution in [0.25, 0.3) is 0 Å². The van der Waals surface area contributed by atoms with Crippen LogP contribution in [0.15, 0.2) is 23.4 Å². The van der Waals surface area contributed by atoms with Crippen LogP contribution in [0.3, 0.4) is 0 Å². The zero-order chi connectivity index (χ0) is 18.4. The minimum absolute atomic E-state index is 0.0631. The fraction of sp³-hybridized carbons (Fsp3) is 0.333. The highest BCUT2D eigenvalue weighted by atomic mass is 35.5. The normalized spacial score (nSPS) is 17.9. The van der Waals surface area contributed by atoms with Gasteiger partial charge in [0.2, 0.25) is 5.88 Å². The van der Waals surface area contributed by atoms with Gasteiger partial charge in [-0.2, -0.15) is 13.2 Å². The molecule has 0 saturated carbocycles. The summed E-state index contributed by atoms with van der Waals surface area (Å²) in [5.74, 6) is -0.540. The number of pyridine rings is 1. The monoisotopic (exact) mass is 392 g/mol. The van der Waals surface area contributed by atoms with Crippen molar-refractivity contribution >= 4 is 40.5 Å². The topological polar surface area (TPSA) is 56.5 Å². The molecule has 25 heavy (non-hydrogen) atoms. The number of aromatic nitrogens is 1. The van der Waals surface area contributed by atoms with Crippen molar-refractivity contribution in [3.8, 4) is 5.88 Å². The minimum Gasteiger partial charge on any atom is -0.467 e. The summed E-state index contributed by atoms with van der Waals surface area (Å²) in [5.41, 5.74) is 1.66. The molecule has 2 aliphatic rings. The molecule has 0 spiro atoms. The number of nitrogens with zero attached hydrogens (tertiary/aromatic N) is 3. The second kappa shape index (κ2) is 6.37. The molecule has 10 heteroatoms. The van der Waals surface area contributed by atoms with Gasteiger partial charge in [0, 0.05) is 17.8 Å². The zero-order valence-electron chi connectivity index (χ0n) is 12.8. The van der Waals surface area contributed by atoms with Crippen molar-refractivity contribution in [2.75, 3.05) is 13.2 Å². The van der Waals surface area contributed by atoms with Crippen molar-refractivity contribution in [1.29, 1.82) is 0 Å². The molecule has 0 saturated heterocycles. The molecule has 0 bridgehead atoms. The summed E-state index contributed by atoms with van der Waals surface area (Å²) in [4.78, 5) is 17.8. The van der Waals surface area contributed by atoms with Crippen molar-refractivity contribution in [2.45, 2.75) is 19.1 Å². The standard InChI is InChI=1S/C15H11Cl2F3N3O2/c1-7(23-5-10-9(14(23)24)4-21-12(10)17)8-2-11(16)13(22-3-8)25-6-15(18,19)20/h2-4,7H,5-6H2,1H3/q+1. The van der Waals surface area contributed by atoms with Gasteiger partial charge in [-0.25, -0.2) is 4.98 Å². The number of hydrogen-bond donors (Lipinski definition) is 0. The van der Waals surface area contributed by atoms with Crippen molar-refractivity contribution < 1.29 is 22.7 Å². The summed E-state index contributed by atoms with van der Waals surface area (Å²) in [6.07, 6.45) is -1.73. The quantitative estimate of drug-likeness (QED) is 0.740. The molecule has 5 nitrogen and oxygen atoms in total. The van der Waals surface area contributed by atoms with E-state index >= 15 is 0 Å². The highest BCUT2D eigenvalue weighted by Crippen LogP contribution is 2.33. The van der Waals surface area contributed by atoms with E-state index in [4.69, 9.17) is 23.2 Å². The third-order valence-corrected chi connectivity index (χ3v) is 4.45. The Hall–Kier alpha value is -2.02. The summed E-state index contributed by atoms with van der Waals surface area (Å²) in [6, 6.07) is 1.03. The highest BCUT2D eigenvalue weighted by molar-refractivity contribution is 6.71. The molecule has 1 aromatic rings. The number of ether oxygens (including phenoxy) is 1. The molecule has 0 fully saturated rings. The number of carbonyl (C=O) groups excluding carboxylic acids is 1. The maximum absolute atomic E-state index is 12.4. The summed E-state index contributed by atoms with van der Waals surface area (Å²) >= 11 is 11.9. The van der Waals surface area contributed by atoms with Crippen molar-refractivity contribution in [3.05, 3.63) is 34.0 Å². The first-order valence-corrected chi connectivity index (χ1v) is 7.89. The third kappa shape index (κ3) is 3.51. The molecule has 3 rings (SSSR count). The van der Waals surface area contributed by atoms with Crippen molar-refractivity contribution in [2.24, 2.45) is 0 Å². The lowest BCUT2D eigenvalue weighted by molar-refractivity contribution is -0.154. The fourth-order valence-electron chi connectivity index (χ4n) is 2.54. The molecule has 3 heterocycles. The van der Waals surface area contributed by atoms with Crippen LogP contribution in [0.4, 0.5) is 13.2 Å². The van der Waals surface area contributed by atoms with Gasteiger partial charge in [0.05, 0.1) is 18.2 Å². The van der Waals surface area contributed by atoms with Gasteiger partial charge in [-0.3, -0.25) is 4.79 Å². The fourth-order valence-corrected chi connectivity index (χ4v) is 2.98. The molecule has 132 valence electrons. The lowest BCUT2D eigenvalue weighted by atomic mass is 10.1. The minimum atomic E-state index is -4.48. The summed E-state index contributed by atoms with van der Waals surface area (Å²) in [6.45, 7) is 0.566. The van der Waals surface area contributed by atoms with Crippen molar-refractivity contribution in [1.82, 2.24) is 14.6 Å². The summed E-state index contributed by atoms with van der Waals surface area (Å²) in [5, 5.41) is 0.219. The van der Waals surface area contributed by atoms with Crippen molar-refractivity contribution in [3.63, 3.8) is 0 Å². The Balaban J connectivity index is 1.74. The number of alkyl halides is 3. The van der Waals surface area contributed by atoms with Crippen LogP contribution in [-0.2, 0) is 4.79 Å². The van der Waals surface area contributed by atoms with E-state index < -0.39 is 18.8 Å². The number of hydrogen-bond acceptors (Lipinski definition) is 3. The average molecular weight is 393 g/mol. The molecule has 0 aromatic carbocycles. The van der Waals surface area contributed by atoms with Crippen LogP contribution in [0.5, 0.6) is 5.88 Å². The van der Waals surface area contributed by atoms with Crippen LogP contribution in [0.1, 0.15) is 18.5 Å². The van der Waals surface area contributed by atoms with E-state index in [9.17, 15) is 18.0 Å². The van der Waals surface area contributed by atoms with E-state index in [2.05, 4.69) is 14.4 Å². The average Bonchev–Trinajstić information content (AvgIpc) is 3.05. The number of amides is 1. The first kappa shape index (κ1) is 17.8. The molecule has 1 aromatic heterocycles. The molecule has 0 radical (unpaired) electrons. The molecular formula is C15H11Cl2F3N3O2+. The molecule has 1 unspecified atom stereocenters. The van der Waals surface area contributed by atoms with Gasteiger partial charge >= 0.3 is 17.6 Å². The van der Waals surface area contributed by atoms with E-state index in [-0.39, 0.29) is 28.5 Å². The van der Waals surface area contributed by atoms with E-state index in [1.54, 1.807) is 11.8 Å². The Morgan fingerprint density at radius 1 is 1.44 bits per heavy atom. The lowest BCUT2D eigenvalue weighted by Gasteiger charge is -2.25. The molecule has 1 atom stereocenters. The van der Waals surface area contributed by atoms with Gasteiger partial charge in [-0.05, 0) is 18.6 Å². The van der Waals surface area contributed by atoms with E-state index in [1.165, 1.54) is 18.5 Å². The Bertz CT molecular complexity index is 845. The number of carbonyl (C=O) groups is 1. The Kier molecular flexibility index (Phi) is 4.53. The van der Waals surface area contributed by atoms with E-state index in [0.717, 1.165) is 0 Å². The molecule has 2 aliphatic heterocycles. The molecule has 0 aliphatic carbocycles. The van der Waals surface area contributed by atoms with Gasteiger partial charge in [-0.1, -0.05) is 16.3 Å². The van der Waals surface area contributed by atoms with Crippen LogP contribution in [0, 0.1) is 0 Å². The van der Waals surface area contributed by atoms with E-state index in [1.807, 2.05) is 0 Å². The maximum Gasteiger partial charge on any atom is 0.422 e. The van der Waals surface area contributed by atoms with Gasteiger partial charge < -0.3 is 9.64 Å². The largest absolute Gasteiger partial charge is 0.467 e. The second-order valence-corrected chi connectivity index (χ2v) is 6.27. The zero-order valence-corrected chi connectivity index (χ0v) is 14.3. The summed E-state index contributed by atoms with van der Waals surface area (Å²) < 4.78 is 45.1. The predicted octanol–water partition coefficient (Wildman–Crippen LogP) is 2.66. The van der Waals surface area contributed by atoms with Gasteiger partial charge in [0.15, 0.2) is 6.61 Å². The molecule has 1 amide bonds. The SMILES string of the molecule is CC(c1cnc(OCC(F)(F)F)c(Cl)c1)N1CC2=C(C=[N+]=C2Cl)C1=O. The predicted molar refractivity (Wildman–Crippen MR) is 87.0 cm³/mol. The lowest BCUT2D eigenvalue weighted by Crippen LogP contribution is -2.31. The van der Waals surface area contributed by atoms with Crippen LogP contribution < -0.4 is 9.40 Å². The first-order chi connectivity index (χ1) is 11.7. The number of halogens is 5. The number of rotatable bonds is 4. The third-order valence-electron chi connectivity index (χ3n) is 3.85. The van der Waals surface area contributed by atoms with Gasteiger partial charge in [0.25, 0.3) is 5.91 Å². The van der Waals surface area contributed by atoms with E-state index in [0.29, 0.717) is 16.7 Å². The second-order valence-electron chi connectivity index (χ2n) is 5.51. The first-order valence-electron chi connectivity index (χ1n) is 7.13. The Morgan fingerprint density at radius 2 is 2.16 bits per heavy atom. The Morgan fingerprint density at radius 3 is 2.76 bits per heavy atom. The molecular weight excluding hydrogens is 382 g/mol. The highest BCUT2D eigenvalue weighted by Gasteiger charge is 2.42. The molecule has 0 N–H and O–H groups in total. The van der Waals surface area contributed by atoms with Crippen LogP contribution in [0.2, 0.25) is 5.02 Å². The Labute approximate surface area is 150 Å². The maximum atomic E-state index is 12.4. The van der Waals surface area contributed by atoms with Gasteiger partial charge in [0.1, 0.15) is 10.6 Å². The smallest absolute Gasteiger partial charge is 0.422 e. The van der Waals surface area contributed by atoms with Crippen LogP contribution in [-0.4, -0.2) is 46.5 Å². The van der Waals surface area contributed by atoms with Crippen LogP contribution >= 0.6 is 23.2 Å². The van der Waals surface area contributed by atoms with Gasteiger partial charge in [-0.15, -0.1) is 0 Å². The summed E-state index contributed by atoms with van der Waals surface area (Å²) in [7, 11) is 0.